The van der Waals surface area contributed by atoms with Gasteiger partial charge >= 0.3 is 17.9 Å². The van der Waals surface area contributed by atoms with Crippen LogP contribution in [0.15, 0.2) is 48.5 Å². The average Bonchev–Trinajstić information content (AvgIpc) is 3.08. The first kappa shape index (κ1) is 38.6. The molecule has 1 unspecified atom stereocenters. The molecule has 2 aliphatic rings. The SMILES string of the molecule is CCOC(=O)COCc1cccc(OC2CCC(C(=O)N(C)C3(Oc4cccc(COCC(=O)OCC)c4)CC[C@@H](C(=O)O)[C@H](C)C3)CC2)c1. The van der Waals surface area contributed by atoms with Crippen molar-refractivity contribution in [2.75, 3.05) is 33.5 Å². The maximum Gasteiger partial charge on any atom is 0.332 e. The molecule has 50 heavy (non-hydrogen) atoms. The molecule has 12 heteroatoms. The van der Waals surface area contributed by atoms with E-state index in [4.69, 9.17) is 28.4 Å². The third kappa shape index (κ3) is 10.9. The maximum absolute atomic E-state index is 14.1. The Morgan fingerprint density at radius 3 is 1.92 bits per heavy atom. The van der Waals surface area contributed by atoms with Crippen LogP contribution in [0.4, 0.5) is 0 Å². The van der Waals surface area contributed by atoms with E-state index in [1.165, 1.54) is 0 Å². The summed E-state index contributed by atoms with van der Waals surface area (Å²) in [7, 11) is 1.76. The van der Waals surface area contributed by atoms with Gasteiger partial charge < -0.3 is 38.4 Å². The van der Waals surface area contributed by atoms with Crippen LogP contribution >= 0.6 is 0 Å². The number of benzene rings is 2. The van der Waals surface area contributed by atoms with Crippen molar-refractivity contribution in [2.45, 2.75) is 90.8 Å². The third-order valence-corrected chi connectivity index (χ3v) is 9.45. The molecule has 12 nitrogen and oxygen atoms in total. The molecule has 0 saturated heterocycles. The van der Waals surface area contributed by atoms with Crippen molar-refractivity contribution in [1.82, 2.24) is 4.90 Å². The number of amides is 1. The number of rotatable bonds is 17. The molecule has 2 aliphatic carbocycles. The van der Waals surface area contributed by atoms with Crippen LogP contribution in [-0.4, -0.2) is 79.1 Å². The fourth-order valence-corrected chi connectivity index (χ4v) is 6.88. The highest BCUT2D eigenvalue weighted by Crippen LogP contribution is 2.43. The number of carboxylic acid groups (broad SMARTS) is 1. The van der Waals surface area contributed by atoms with Crippen molar-refractivity contribution in [3.63, 3.8) is 0 Å². The van der Waals surface area contributed by atoms with E-state index < -0.39 is 29.6 Å². The van der Waals surface area contributed by atoms with Gasteiger partial charge in [0, 0.05) is 25.8 Å². The second-order valence-electron chi connectivity index (χ2n) is 13.1. The molecule has 274 valence electrons. The Morgan fingerprint density at radius 2 is 1.38 bits per heavy atom. The summed E-state index contributed by atoms with van der Waals surface area (Å²) >= 11 is 0. The van der Waals surface area contributed by atoms with Crippen molar-refractivity contribution in [1.29, 1.82) is 0 Å². The number of aliphatic carboxylic acids is 1. The summed E-state index contributed by atoms with van der Waals surface area (Å²) in [5.41, 5.74) is 0.635. The quantitative estimate of drug-likeness (QED) is 0.164. The monoisotopic (exact) mass is 697 g/mol. The molecule has 1 amide bonds. The first-order chi connectivity index (χ1) is 24.0. The number of nitrogens with zero attached hydrogens (tertiary/aromatic N) is 1. The van der Waals surface area contributed by atoms with E-state index in [1.807, 2.05) is 55.5 Å². The number of carboxylic acids is 1. The number of carbonyl (C=O) groups is 4. The summed E-state index contributed by atoms with van der Waals surface area (Å²) in [5.74, 6) is -1.43. The molecule has 4 rings (SSSR count). The lowest BCUT2D eigenvalue weighted by Crippen LogP contribution is -2.59. The summed E-state index contributed by atoms with van der Waals surface area (Å²) < 4.78 is 33.8. The molecule has 0 aromatic heterocycles. The van der Waals surface area contributed by atoms with E-state index in [0.717, 1.165) is 11.1 Å². The molecule has 0 bridgehead atoms. The van der Waals surface area contributed by atoms with Crippen LogP contribution in [0.2, 0.25) is 0 Å². The first-order valence-corrected chi connectivity index (χ1v) is 17.5. The lowest BCUT2D eigenvalue weighted by atomic mass is 9.74. The van der Waals surface area contributed by atoms with Gasteiger partial charge in [0.05, 0.1) is 38.4 Å². The molecule has 2 fully saturated rings. The molecule has 0 heterocycles. The van der Waals surface area contributed by atoms with Crippen LogP contribution in [0.25, 0.3) is 0 Å². The highest BCUT2D eigenvalue weighted by atomic mass is 16.6. The number of ether oxygens (including phenoxy) is 6. The standard InChI is InChI=1S/C38H51NO11/c1-5-47-34(40)24-45-22-27-9-7-11-31(19-27)49-30-15-13-29(14-16-30)36(42)39(4)38(18-17-33(37(43)44)26(3)21-38)50-32-12-8-10-28(20-32)23-46-25-35(41)48-6-2/h7-12,19-20,26,29-30,33H,5-6,13-18,21-25H2,1-4H3,(H,43,44)/t26-,29?,30?,33-,38?/m1/s1. The Kier molecular flexibility index (Phi) is 14.5. The highest BCUT2D eigenvalue weighted by Gasteiger charge is 2.49. The van der Waals surface area contributed by atoms with Gasteiger partial charge in [-0.15, -0.1) is 0 Å². The smallest absolute Gasteiger partial charge is 0.332 e. The largest absolute Gasteiger partial charge is 0.490 e. The van der Waals surface area contributed by atoms with Crippen LogP contribution in [-0.2, 0) is 51.3 Å². The maximum atomic E-state index is 14.1. The highest BCUT2D eigenvalue weighted by molar-refractivity contribution is 5.79. The molecule has 2 aromatic rings. The number of carbonyl (C=O) groups excluding carboxylic acids is 3. The second-order valence-corrected chi connectivity index (χ2v) is 13.1. The normalized spacial score (nSPS) is 23.4. The average molecular weight is 698 g/mol. The summed E-state index contributed by atoms with van der Waals surface area (Å²) in [6.45, 7) is 6.12. The Bertz CT molecular complexity index is 1440. The van der Waals surface area contributed by atoms with Crippen molar-refractivity contribution in [3.8, 4) is 11.5 Å². The van der Waals surface area contributed by atoms with Crippen LogP contribution in [0.5, 0.6) is 11.5 Å². The van der Waals surface area contributed by atoms with Gasteiger partial charge in [-0.3, -0.25) is 9.59 Å². The number of hydrogen-bond donors (Lipinski definition) is 1. The molecule has 2 saturated carbocycles. The minimum atomic E-state index is -1.03. The van der Waals surface area contributed by atoms with E-state index in [2.05, 4.69) is 0 Å². The second kappa shape index (κ2) is 18.7. The fraction of sp³-hybridized carbons (Fsp3) is 0.579. The topological polar surface area (TPSA) is 147 Å². The lowest BCUT2D eigenvalue weighted by Gasteiger charge is -2.48. The Hall–Kier alpha value is -4.16. The minimum Gasteiger partial charge on any atom is -0.490 e. The van der Waals surface area contributed by atoms with Gasteiger partial charge in [-0.2, -0.15) is 0 Å². The van der Waals surface area contributed by atoms with E-state index >= 15 is 0 Å². The number of esters is 2. The van der Waals surface area contributed by atoms with Gasteiger partial charge in [-0.05, 0) is 87.3 Å². The first-order valence-electron chi connectivity index (χ1n) is 17.5. The summed E-state index contributed by atoms with van der Waals surface area (Å²) in [5, 5.41) is 9.83. The Labute approximate surface area is 294 Å². The predicted molar refractivity (Wildman–Crippen MR) is 182 cm³/mol. The molecule has 0 spiro atoms. The van der Waals surface area contributed by atoms with Crippen LogP contribution < -0.4 is 9.47 Å². The molecule has 0 radical (unpaired) electrons. The van der Waals surface area contributed by atoms with Gasteiger partial charge in [0.25, 0.3) is 0 Å². The molecule has 1 N–H and O–H groups in total. The van der Waals surface area contributed by atoms with Crippen LogP contribution in [0.1, 0.15) is 76.8 Å². The van der Waals surface area contributed by atoms with E-state index in [0.29, 0.717) is 63.1 Å². The summed E-state index contributed by atoms with van der Waals surface area (Å²) in [6, 6.07) is 14.9. The van der Waals surface area contributed by atoms with Gasteiger partial charge in [-0.25, -0.2) is 9.59 Å². The van der Waals surface area contributed by atoms with Gasteiger partial charge in [0.1, 0.15) is 24.7 Å². The molecular weight excluding hydrogens is 646 g/mol. The van der Waals surface area contributed by atoms with Crippen molar-refractivity contribution >= 4 is 23.8 Å². The zero-order valence-electron chi connectivity index (χ0n) is 29.6. The van der Waals surface area contributed by atoms with Crippen molar-refractivity contribution < 1.29 is 52.7 Å². The van der Waals surface area contributed by atoms with Crippen LogP contribution in [0, 0.1) is 17.8 Å². The summed E-state index contributed by atoms with van der Waals surface area (Å²) in [4.78, 5) is 51.0. The van der Waals surface area contributed by atoms with Crippen LogP contribution in [0.3, 0.4) is 0 Å². The zero-order valence-corrected chi connectivity index (χ0v) is 29.6. The molecule has 2 aromatic carbocycles. The van der Waals surface area contributed by atoms with E-state index in [9.17, 15) is 24.3 Å². The summed E-state index contributed by atoms with van der Waals surface area (Å²) in [6.07, 6.45) is 3.76. The van der Waals surface area contributed by atoms with Gasteiger partial charge in [0.15, 0.2) is 5.72 Å². The third-order valence-electron chi connectivity index (χ3n) is 9.45. The van der Waals surface area contributed by atoms with Gasteiger partial charge in [0.2, 0.25) is 5.91 Å². The molecular formula is C38H51NO11. The minimum absolute atomic E-state index is 0.0286. The van der Waals surface area contributed by atoms with Gasteiger partial charge in [-0.1, -0.05) is 31.2 Å². The number of hydrogen-bond acceptors (Lipinski definition) is 10. The molecule has 0 aliphatic heterocycles. The van der Waals surface area contributed by atoms with E-state index in [1.54, 1.807) is 25.8 Å². The van der Waals surface area contributed by atoms with E-state index in [-0.39, 0.29) is 56.9 Å². The Balaban J connectivity index is 1.38. The lowest BCUT2D eigenvalue weighted by molar-refractivity contribution is -0.170. The molecule has 3 atom stereocenters. The Morgan fingerprint density at radius 1 is 0.820 bits per heavy atom. The fourth-order valence-electron chi connectivity index (χ4n) is 6.88. The predicted octanol–water partition coefficient (Wildman–Crippen LogP) is 5.54. The van der Waals surface area contributed by atoms with Crippen molar-refractivity contribution in [2.24, 2.45) is 17.8 Å². The van der Waals surface area contributed by atoms with Crippen molar-refractivity contribution in [3.05, 3.63) is 59.7 Å². The zero-order chi connectivity index (χ0) is 36.1.